The topological polar surface area (TPSA) is 68.1 Å². The number of halogens is 1. The van der Waals surface area contributed by atoms with Gasteiger partial charge in [0.1, 0.15) is 0 Å². The van der Waals surface area contributed by atoms with Gasteiger partial charge in [0.15, 0.2) is 9.84 Å². The van der Waals surface area contributed by atoms with E-state index in [0.717, 1.165) is 11.4 Å². The average molecular weight is 341 g/mol. The molecule has 1 aromatic heterocycles. The lowest BCUT2D eigenvalue weighted by Gasteiger charge is -2.32. The molecule has 0 bridgehead atoms. The van der Waals surface area contributed by atoms with Crippen molar-refractivity contribution in [1.29, 1.82) is 0 Å². The molecule has 0 radical (unpaired) electrons. The van der Waals surface area contributed by atoms with Crippen molar-refractivity contribution in [2.45, 2.75) is 19.5 Å². The number of benzene rings is 1. The van der Waals surface area contributed by atoms with Gasteiger partial charge >= 0.3 is 0 Å². The van der Waals surface area contributed by atoms with E-state index in [1.807, 2.05) is 25.3 Å². The summed E-state index contributed by atoms with van der Waals surface area (Å²) in [6, 6.07) is 7.35. The van der Waals surface area contributed by atoms with Crippen molar-refractivity contribution >= 4 is 21.4 Å². The van der Waals surface area contributed by atoms with Gasteiger partial charge in [0, 0.05) is 24.2 Å². The third-order valence-electron chi connectivity index (χ3n) is 3.81. The highest BCUT2D eigenvalue weighted by Crippen LogP contribution is 2.16. The van der Waals surface area contributed by atoms with Crippen molar-refractivity contribution < 1.29 is 8.42 Å². The second kappa shape index (κ2) is 5.98. The largest absolute Gasteiger partial charge is 0.293 e. The van der Waals surface area contributed by atoms with Crippen LogP contribution in [0.5, 0.6) is 0 Å². The molecule has 2 aromatic rings. The van der Waals surface area contributed by atoms with E-state index in [0.29, 0.717) is 18.1 Å². The van der Waals surface area contributed by atoms with E-state index in [9.17, 15) is 8.42 Å². The van der Waals surface area contributed by atoms with E-state index in [1.165, 1.54) is 0 Å². The minimum absolute atomic E-state index is 0.000526. The zero-order valence-electron chi connectivity index (χ0n) is 12.2. The van der Waals surface area contributed by atoms with Crippen molar-refractivity contribution in [2.75, 3.05) is 18.1 Å². The summed E-state index contributed by atoms with van der Waals surface area (Å²) >= 11 is 5.87. The third-order valence-corrected chi connectivity index (χ3v) is 5.85. The van der Waals surface area contributed by atoms with Gasteiger partial charge in [0.05, 0.1) is 29.1 Å². The summed E-state index contributed by atoms with van der Waals surface area (Å²) in [5.74, 6) is 0.418. The number of aromatic nitrogens is 3. The Bertz CT molecular complexity index is 757. The Morgan fingerprint density at radius 2 is 2.05 bits per heavy atom. The highest BCUT2D eigenvalue weighted by molar-refractivity contribution is 7.91. The molecule has 0 amide bonds. The van der Waals surface area contributed by atoms with E-state index in [1.54, 1.807) is 16.8 Å². The summed E-state index contributed by atoms with van der Waals surface area (Å²) in [6.45, 7) is 3.07. The predicted molar refractivity (Wildman–Crippen MR) is 84.9 cm³/mol. The van der Waals surface area contributed by atoms with Crippen LogP contribution in [0.15, 0.2) is 30.5 Å². The summed E-state index contributed by atoms with van der Waals surface area (Å²) < 4.78 is 24.9. The standard InChI is InChI=1S/C14H17ClN4O2S/c1-11-10-22(20,21)7-6-18(11)8-13-9-19(17-16-13)14-4-2-12(15)3-5-14/h2-5,9,11H,6-8,10H2,1H3/t11-/m0/s1. The summed E-state index contributed by atoms with van der Waals surface area (Å²) in [4.78, 5) is 2.12. The lowest BCUT2D eigenvalue weighted by atomic mass is 10.3. The maximum Gasteiger partial charge on any atom is 0.153 e. The molecule has 0 aliphatic carbocycles. The van der Waals surface area contributed by atoms with Crippen LogP contribution < -0.4 is 0 Å². The van der Waals surface area contributed by atoms with Crippen molar-refractivity contribution in [3.8, 4) is 5.69 Å². The first-order chi connectivity index (χ1) is 10.4. The summed E-state index contributed by atoms with van der Waals surface area (Å²) in [5, 5.41) is 8.96. The summed E-state index contributed by atoms with van der Waals surface area (Å²) in [6.07, 6.45) is 1.86. The van der Waals surface area contributed by atoms with Crippen molar-refractivity contribution in [2.24, 2.45) is 0 Å². The van der Waals surface area contributed by atoms with Gasteiger partial charge in [0.2, 0.25) is 0 Å². The minimum atomic E-state index is -2.89. The second-order valence-corrected chi connectivity index (χ2v) is 8.23. The molecule has 2 heterocycles. The fraction of sp³-hybridized carbons (Fsp3) is 0.429. The van der Waals surface area contributed by atoms with E-state index >= 15 is 0 Å². The maximum atomic E-state index is 11.6. The fourth-order valence-electron chi connectivity index (χ4n) is 2.57. The number of hydrogen-bond acceptors (Lipinski definition) is 5. The monoisotopic (exact) mass is 340 g/mol. The predicted octanol–water partition coefficient (Wildman–Crippen LogP) is 1.54. The molecule has 0 unspecified atom stereocenters. The van der Waals surface area contributed by atoms with E-state index in [2.05, 4.69) is 15.2 Å². The Kier molecular flexibility index (Phi) is 4.20. The first-order valence-electron chi connectivity index (χ1n) is 7.04. The first kappa shape index (κ1) is 15.5. The molecule has 22 heavy (non-hydrogen) atoms. The van der Waals surface area contributed by atoms with Gasteiger partial charge in [0.25, 0.3) is 0 Å². The van der Waals surface area contributed by atoms with Gasteiger partial charge in [-0.1, -0.05) is 16.8 Å². The molecular weight excluding hydrogens is 324 g/mol. The molecule has 118 valence electrons. The minimum Gasteiger partial charge on any atom is -0.293 e. The van der Waals surface area contributed by atoms with Crippen LogP contribution in [-0.2, 0) is 16.4 Å². The van der Waals surface area contributed by atoms with Crippen LogP contribution in [0.25, 0.3) is 5.69 Å². The Labute approximate surface area is 134 Å². The zero-order valence-corrected chi connectivity index (χ0v) is 13.8. The molecule has 1 fully saturated rings. The normalized spacial score (nSPS) is 21.8. The molecular formula is C14H17ClN4O2S. The number of sulfone groups is 1. The van der Waals surface area contributed by atoms with Crippen LogP contribution >= 0.6 is 11.6 Å². The van der Waals surface area contributed by atoms with Gasteiger partial charge in [-0.3, -0.25) is 4.90 Å². The molecule has 8 heteroatoms. The molecule has 0 N–H and O–H groups in total. The second-order valence-electron chi connectivity index (χ2n) is 5.56. The fourth-order valence-corrected chi connectivity index (χ4v) is 4.32. The Hall–Kier alpha value is -1.44. The molecule has 1 atom stereocenters. The summed E-state index contributed by atoms with van der Waals surface area (Å²) in [7, 11) is -2.89. The molecule has 0 spiro atoms. The van der Waals surface area contributed by atoms with Crippen molar-refractivity contribution in [1.82, 2.24) is 19.9 Å². The maximum absolute atomic E-state index is 11.6. The van der Waals surface area contributed by atoms with Crippen LogP contribution in [0, 0.1) is 0 Å². The van der Waals surface area contributed by atoms with Crippen LogP contribution in [0.2, 0.25) is 5.02 Å². The average Bonchev–Trinajstić information content (AvgIpc) is 2.91. The number of rotatable bonds is 3. The highest BCUT2D eigenvalue weighted by atomic mass is 35.5. The molecule has 3 rings (SSSR count). The highest BCUT2D eigenvalue weighted by Gasteiger charge is 2.28. The van der Waals surface area contributed by atoms with Gasteiger partial charge in [-0.2, -0.15) is 0 Å². The van der Waals surface area contributed by atoms with Crippen LogP contribution in [0.1, 0.15) is 12.6 Å². The van der Waals surface area contributed by atoms with Crippen molar-refractivity contribution in [3.63, 3.8) is 0 Å². The zero-order chi connectivity index (χ0) is 15.7. The van der Waals surface area contributed by atoms with E-state index < -0.39 is 9.84 Å². The first-order valence-corrected chi connectivity index (χ1v) is 9.24. The van der Waals surface area contributed by atoms with Crippen LogP contribution in [-0.4, -0.2) is 52.4 Å². The van der Waals surface area contributed by atoms with Gasteiger partial charge in [-0.15, -0.1) is 5.10 Å². The molecule has 1 saturated heterocycles. The summed E-state index contributed by atoms with van der Waals surface area (Å²) in [5.41, 5.74) is 1.71. The molecule has 1 aliphatic heterocycles. The smallest absolute Gasteiger partial charge is 0.153 e. The van der Waals surface area contributed by atoms with Crippen LogP contribution in [0.3, 0.4) is 0 Å². The molecule has 1 aliphatic rings. The van der Waals surface area contributed by atoms with Crippen LogP contribution in [0.4, 0.5) is 0 Å². The third kappa shape index (κ3) is 3.48. The lowest BCUT2D eigenvalue weighted by Crippen LogP contribution is -2.46. The van der Waals surface area contributed by atoms with Gasteiger partial charge in [-0.05, 0) is 31.2 Å². The lowest BCUT2D eigenvalue weighted by molar-refractivity contribution is 0.215. The molecule has 6 nitrogen and oxygen atoms in total. The van der Waals surface area contributed by atoms with E-state index in [-0.39, 0.29) is 17.5 Å². The number of nitrogens with zero attached hydrogens (tertiary/aromatic N) is 4. The Balaban J connectivity index is 1.71. The molecule has 0 saturated carbocycles. The van der Waals surface area contributed by atoms with Gasteiger partial charge in [-0.25, -0.2) is 13.1 Å². The SMILES string of the molecule is C[C@H]1CS(=O)(=O)CCN1Cc1cn(-c2ccc(Cl)cc2)nn1. The van der Waals surface area contributed by atoms with E-state index in [4.69, 9.17) is 11.6 Å². The molecule has 1 aromatic carbocycles. The Morgan fingerprint density at radius 3 is 2.73 bits per heavy atom. The quantitative estimate of drug-likeness (QED) is 0.847. The van der Waals surface area contributed by atoms with Crippen molar-refractivity contribution in [3.05, 3.63) is 41.2 Å². The van der Waals surface area contributed by atoms with Gasteiger partial charge < -0.3 is 0 Å². The Morgan fingerprint density at radius 1 is 1.32 bits per heavy atom. The number of hydrogen-bond donors (Lipinski definition) is 0.